The van der Waals surface area contributed by atoms with Crippen molar-refractivity contribution in [1.82, 2.24) is 0 Å². The van der Waals surface area contributed by atoms with E-state index >= 15 is 0 Å². The molecule has 0 aliphatic rings. The van der Waals surface area contributed by atoms with Crippen LogP contribution in [0.15, 0.2) is 22.8 Å². The van der Waals surface area contributed by atoms with E-state index in [0.717, 1.165) is 23.9 Å². The number of hydrogen-bond donors (Lipinski definition) is 0. The van der Waals surface area contributed by atoms with Gasteiger partial charge in [0.25, 0.3) is 0 Å². The quantitative estimate of drug-likeness (QED) is 0.303. The maximum Gasteiger partial charge on any atom is 0.163 e. The first-order valence-corrected chi connectivity index (χ1v) is 8.53. The van der Waals surface area contributed by atoms with E-state index in [1.165, 1.54) is 25.7 Å². The Balaban J connectivity index is 2.40. The van der Waals surface area contributed by atoms with Crippen LogP contribution in [0.1, 0.15) is 64.2 Å². The van der Waals surface area contributed by atoms with Gasteiger partial charge in [0.15, 0.2) is 5.79 Å². The molecule has 1 rings (SSSR count). The van der Waals surface area contributed by atoms with Gasteiger partial charge >= 0.3 is 0 Å². The molecule has 1 aromatic heterocycles. The van der Waals surface area contributed by atoms with Gasteiger partial charge in [-0.1, -0.05) is 41.6 Å². The minimum Gasteiger partial charge on any atom is -0.467 e. The van der Waals surface area contributed by atoms with E-state index in [4.69, 9.17) is 13.9 Å². The SMILES string of the molecule is COC(C)(C)OC(CCCCCCCBr)c1ccco1. The second-order valence-electron chi connectivity index (χ2n) is 5.47. The molecular formula is C16H27BrO3. The smallest absolute Gasteiger partial charge is 0.163 e. The van der Waals surface area contributed by atoms with Gasteiger partial charge in [0.1, 0.15) is 11.9 Å². The van der Waals surface area contributed by atoms with Crippen molar-refractivity contribution in [1.29, 1.82) is 0 Å². The van der Waals surface area contributed by atoms with E-state index in [2.05, 4.69) is 15.9 Å². The predicted octanol–water partition coefficient (Wildman–Crippen LogP) is 5.46. The molecule has 1 aromatic rings. The molecule has 3 nitrogen and oxygen atoms in total. The molecule has 0 aliphatic carbocycles. The van der Waals surface area contributed by atoms with Gasteiger partial charge in [0.2, 0.25) is 0 Å². The molecule has 1 heterocycles. The highest BCUT2D eigenvalue weighted by Crippen LogP contribution is 2.29. The van der Waals surface area contributed by atoms with Crippen molar-refractivity contribution in [2.45, 2.75) is 64.3 Å². The Bertz CT molecular complexity index is 336. The molecule has 116 valence electrons. The first-order valence-electron chi connectivity index (χ1n) is 7.41. The minimum atomic E-state index is -0.590. The first-order chi connectivity index (χ1) is 9.59. The molecule has 0 saturated heterocycles. The highest BCUT2D eigenvalue weighted by Gasteiger charge is 2.25. The topological polar surface area (TPSA) is 31.6 Å². The zero-order chi connectivity index (χ0) is 14.8. The number of furan rings is 1. The lowest BCUT2D eigenvalue weighted by atomic mass is 10.1. The molecule has 0 aromatic carbocycles. The van der Waals surface area contributed by atoms with Crippen LogP contribution in [0.4, 0.5) is 0 Å². The van der Waals surface area contributed by atoms with Gasteiger partial charge < -0.3 is 13.9 Å². The summed E-state index contributed by atoms with van der Waals surface area (Å²) in [6.07, 6.45) is 8.85. The zero-order valence-corrected chi connectivity index (χ0v) is 14.4. The fourth-order valence-electron chi connectivity index (χ4n) is 2.08. The Labute approximate surface area is 131 Å². The van der Waals surface area contributed by atoms with Gasteiger partial charge in [0, 0.05) is 12.4 Å². The summed E-state index contributed by atoms with van der Waals surface area (Å²) < 4.78 is 16.9. The molecular weight excluding hydrogens is 320 g/mol. The Morgan fingerprint density at radius 2 is 1.90 bits per heavy atom. The van der Waals surface area contributed by atoms with Crippen LogP contribution in [0, 0.1) is 0 Å². The van der Waals surface area contributed by atoms with Gasteiger partial charge in [-0.3, -0.25) is 0 Å². The number of rotatable bonds is 11. The number of halogens is 1. The summed E-state index contributed by atoms with van der Waals surface area (Å²) in [6.45, 7) is 3.86. The summed E-state index contributed by atoms with van der Waals surface area (Å²) in [5.74, 6) is 0.295. The predicted molar refractivity (Wildman–Crippen MR) is 85.1 cm³/mol. The van der Waals surface area contributed by atoms with Crippen LogP contribution in [0.2, 0.25) is 0 Å². The lowest BCUT2D eigenvalue weighted by molar-refractivity contribution is -0.230. The monoisotopic (exact) mass is 346 g/mol. The third-order valence-corrected chi connectivity index (χ3v) is 3.94. The van der Waals surface area contributed by atoms with Crippen LogP contribution in [0.5, 0.6) is 0 Å². The first kappa shape index (κ1) is 17.7. The van der Waals surface area contributed by atoms with Crippen LogP contribution < -0.4 is 0 Å². The fourth-order valence-corrected chi connectivity index (χ4v) is 2.48. The molecule has 0 N–H and O–H groups in total. The van der Waals surface area contributed by atoms with Crippen molar-refractivity contribution in [3.05, 3.63) is 24.2 Å². The molecule has 0 aliphatic heterocycles. The molecule has 0 bridgehead atoms. The van der Waals surface area contributed by atoms with Gasteiger partial charge in [0.05, 0.1) is 6.26 Å². The van der Waals surface area contributed by atoms with Crippen molar-refractivity contribution in [3.63, 3.8) is 0 Å². The molecule has 4 heteroatoms. The van der Waals surface area contributed by atoms with E-state index in [-0.39, 0.29) is 6.10 Å². The van der Waals surface area contributed by atoms with Crippen LogP contribution in [-0.2, 0) is 9.47 Å². The number of unbranched alkanes of at least 4 members (excludes halogenated alkanes) is 4. The third kappa shape index (κ3) is 6.91. The van der Waals surface area contributed by atoms with Gasteiger partial charge in [-0.15, -0.1) is 0 Å². The van der Waals surface area contributed by atoms with Gasteiger partial charge in [-0.2, -0.15) is 0 Å². The van der Waals surface area contributed by atoms with Crippen molar-refractivity contribution in [2.75, 3.05) is 12.4 Å². The Hall–Kier alpha value is -0.320. The van der Waals surface area contributed by atoms with Crippen LogP contribution >= 0.6 is 15.9 Å². The van der Waals surface area contributed by atoms with Gasteiger partial charge in [-0.25, -0.2) is 0 Å². The van der Waals surface area contributed by atoms with Crippen molar-refractivity contribution < 1.29 is 13.9 Å². The van der Waals surface area contributed by atoms with E-state index < -0.39 is 5.79 Å². The lowest BCUT2D eigenvalue weighted by Crippen LogP contribution is -2.28. The van der Waals surface area contributed by atoms with Crippen molar-refractivity contribution in [2.24, 2.45) is 0 Å². The molecule has 1 unspecified atom stereocenters. The maximum absolute atomic E-state index is 6.04. The second kappa shape index (κ2) is 9.59. The summed E-state index contributed by atoms with van der Waals surface area (Å²) in [4.78, 5) is 0. The number of hydrogen-bond acceptors (Lipinski definition) is 3. The highest BCUT2D eigenvalue weighted by atomic mass is 79.9. The number of ether oxygens (including phenoxy) is 2. The standard InChI is InChI=1S/C16H27BrO3/c1-16(2,18-3)20-15(14-11-9-13-19-14)10-7-5-4-6-8-12-17/h9,11,13,15H,4-8,10,12H2,1-3H3. The highest BCUT2D eigenvalue weighted by molar-refractivity contribution is 9.09. The van der Waals surface area contributed by atoms with Crippen molar-refractivity contribution >= 4 is 15.9 Å². The van der Waals surface area contributed by atoms with Gasteiger partial charge in [-0.05, 0) is 38.8 Å². The molecule has 20 heavy (non-hydrogen) atoms. The minimum absolute atomic E-state index is 0.0314. The molecule has 0 radical (unpaired) electrons. The molecule has 0 fully saturated rings. The van der Waals surface area contributed by atoms with Crippen LogP contribution in [0.25, 0.3) is 0 Å². The maximum atomic E-state index is 6.04. The van der Waals surface area contributed by atoms with Crippen LogP contribution in [0.3, 0.4) is 0 Å². The number of methoxy groups -OCH3 is 1. The number of alkyl halides is 1. The third-order valence-electron chi connectivity index (χ3n) is 3.38. The van der Waals surface area contributed by atoms with Crippen molar-refractivity contribution in [3.8, 4) is 0 Å². The summed E-state index contributed by atoms with van der Waals surface area (Å²) in [5.41, 5.74) is 0. The summed E-state index contributed by atoms with van der Waals surface area (Å²) in [6, 6.07) is 3.88. The molecule has 0 amide bonds. The average molecular weight is 347 g/mol. The lowest BCUT2D eigenvalue weighted by Gasteiger charge is -2.28. The molecule has 0 saturated carbocycles. The second-order valence-corrected chi connectivity index (χ2v) is 6.26. The summed E-state index contributed by atoms with van der Waals surface area (Å²) in [5, 5.41) is 1.10. The van der Waals surface area contributed by atoms with E-state index in [1.54, 1.807) is 13.4 Å². The van der Waals surface area contributed by atoms with Crippen LogP contribution in [-0.4, -0.2) is 18.2 Å². The van der Waals surface area contributed by atoms with E-state index in [1.807, 2.05) is 26.0 Å². The Morgan fingerprint density at radius 1 is 1.20 bits per heavy atom. The molecule has 1 atom stereocenters. The summed E-state index contributed by atoms with van der Waals surface area (Å²) in [7, 11) is 1.67. The Morgan fingerprint density at radius 3 is 2.50 bits per heavy atom. The van der Waals surface area contributed by atoms with E-state index in [9.17, 15) is 0 Å². The average Bonchev–Trinajstić information content (AvgIpc) is 2.95. The van der Waals surface area contributed by atoms with E-state index in [0.29, 0.717) is 0 Å². The largest absolute Gasteiger partial charge is 0.467 e. The normalized spacial score (nSPS) is 13.6. The summed E-state index contributed by atoms with van der Waals surface area (Å²) >= 11 is 3.46. The Kier molecular flexibility index (Phi) is 8.50. The zero-order valence-electron chi connectivity index (χ0n) is 12.9. The molecule has 0 spiro atoms. The fraction of sp³-hybridized carbons (Fsp3) is 0.750.